The van der Waals surface area contributed by atoms with Crippen molar-refractivity contribution < 1.29 is 22.7 Å². The lowest BCUT2D eigenvalue weighted by atomic mass is 9.86. The number of fused-ring (bicyclic) bond motifs is 2. The van der Waals surface area contributed by atoms with Gasteiger partial charge in [-0.25, -0.2) is 8.42 Å². The predicted molar refractivity (Wildman–Crippen MR) is 134 cm³/mol. The molecule has 2 amide bonds. The summed E-state index contributed by atoms with van der Waals surface area (Å²) in [6.07, 6.45) is 1.42. The maximum Gasteiger partial charge on any atom is 0.253 e. The number of sulfonamides is 1. The molecule has 0 radical (unpaired) electrons. The van der Waals surface area contributed by atoms with Gasteiger partial charge in [0.15, 0.2) is 0 Å². The summed E-state index contributed by atoms with van der Waals surface area (Å²) in [5, 5.41) is 1.34. The Hall–Kier alpha value is -1.76. The van der Waals surface area contributed by atoms with Crippen LogP contribution in [-0.2, 0) is 24.3 Å². The summed E-state index contributed by atoms with van der Waals surface area (Å²) < 4.78 is 35.3. The number of benzene rings is 1. The molecule has 2 aromatic rings. The second-order valence-corrected chi connectivity index (χ2v) is 13.4. The van der Waals surface area contributed by atoms with E-state index in [0.29, 0.717) is 37.5 Å². The second kappa shape index (κ2) is 8.67. The van der Waals surface area contributed by atoms with E-state index < -0.39 is 15.7 Å². The maximum atomic E-state index is 13.7. The quantitative estimate of drug-likeness (QED) is 0.589. The fraction of sp³-hybridized carbons (Fsp3) is 0.565. The number of nitrogens with zero attached hydrogens (tertiary/aromatic N) is 4. The van der Waals surface area contributed by atoms with Crippen molar-refractivity contribution >= 4 is 54.9 Å². The molecule has 0 aliphatic carbocycles. The van der Waals surface area contributed by atoms with Gasteiger partial charge in [-0.3, -0.25) is 14.5 Å². The summed E-state index contributed by atoms with van der Waals surface area (Å²) >= 11 is 7.25. The lowest BCUT2D eigenvalue weighted by Gasteiger charge is -2.50. The molecule has 4 heterocycles. The number of halogens is 1. The molecule has 1 spiro atoms. The zero-order chi connectivity index (χ0) is 25.2. The van der Waals surface area contributed by atoms with E-state index >= 15 is 0 Å². The van der Waals surface area contributed by atoms with Crippen LogP contribution in [0.25, 0.3) is 10.1 Å². The van der Waals surface area contributed by atoms with Crippen molar-refractivity contribution in [1.29, 1.82) is 0 Å². The number of hydrogen-bond donors (Lipinski definition) is 0. The number of piperidine rings is 1. The van der Waals surface area contributed by atoms with E-state index in [1.54, 1.807) is 43.2 Å². The van der Waals surface area contributed by atoms with Gasteiger partial charge in [-0.2, -0.15) is 4.31 Å². The van der Waals surface area contributed by atoms with Gasteiger partial charge in [0, 0.05) is 48.9 Å². The monoisotopic (exact) mass is 540 g/mol. The van der Waals surface area contributed by atoms with Crippen LogP contribution in [0.4, 0.5) is 0 Å². The molecule has 3 aliphatic rings. The van der Waals surface area contributed by atoms with Gasteiger partial charge in [-0.1, -0.05) is 17.7 Å². The minimum absolute atomic E-state index is 0.0443. The second-order valence-electron chi connectivity index (χ2n) is 9.71. The summed E-state index contributed by atoms with van der Waals surface area (Å²) in [7, 11) is -0.405. The van der Waals surface area contributed by atoms with Crippen LogP contribution in [0.15, 0.2) is 28.5 Å². The van der Waals surface area contributed by atoms with Crippen molar-refractivity contribution in [3.63, 3.8) is 0 Å². The average molecular weight is 541 g/mol. The maximum absolute atomic E-state index is 13.7. The van der Waals surface area contributed by atoms with E-state index in [2.05, 4.69) is 4.90 Å². The number of methoxy groups -OCH3 is 1. The topological polar surface area (TPSA) is 90.5 Å². The number of amides is 2. The van der Waals surface area contributed by atoms with Gasteiger partial charge < -0.3 is 14.5 Å². The number of hydrogen-bond acceptors (Lipinski definition) is 7. The zero-order valence-electron chi connectivity index (χ0n) is 20.0. The molecule has 0 bridgehead atoms. The zero-order valence-corrected chi connectivity index (χ0v) is 22.4. The third-order valence-corrected chi connectivity index (χ3v) is 11.5. The van der Waals surface area contributed by atoms with Crippen LogP contribution in [0.1, 0.15) is 19.8 Å². The summed E-state index contributed by atoms with van der Waals surface area (Å²) in [6, 6.07) is 6.92. The Bertz CT molecular complexity index is 1290. The van der Waals surface area contributed by atoms with E-state index in [1.165, 1.54) is 4.31 Å². The summed E-state index contributed by atoms with van der Waals surface area (Å²) in [4.78, 5) is 31.1. The minimum Gasteiger partial charge on any atom is -0.381 e. The van der Waals surface area contributed by atoms with E-state index in [9.17, 15) is 18.0 Å². The molecule has 3 saturated heterocycles. The lowest BCUT2D eigenvalue weighted by Crippen LogP contribution is -2.70. The molecular weight excluding hydrogens is 512 g/mol. The Labute approximate surface area is 214 Å². The van der Waals surface area contributed by atoms with Gasteiger partial charge in [-0.05, 0) is 43.5 Å². The standard InChI is InChI=1S/C23H29ClN4O5S2/c1-16(29)26-8-6-22(7-9-26)13-28-20(30)12-27(14-23(28,15-33-3)25(22)2)35(31,32)21-10-17-4-5-18(24)11-19(17)34-21/h4-5,10-11H,6-9,12-15H2,1-3H3. The van der Waals surface area contributed by atoms with Crippen molar-refractivity contribution in [3.05, 3.63) is 29.3 Å². The normalized spacial score (nSPS) is 25.5. The predicted octanol–water partition coefficient (Wildman–Crippen LogP) is 2.06. The van der Waals surface area contributed by atoms with Gasteiger partial charge in [0.05, 0.1) is 19.7 Å². The van der Waals surface area contributed by atoms with Crippen LogP contribution >= 0.6 is 22.9 Å². The molecule has 12 heteroatoms. The molecule has 3 aliphatic heterocycles. The number of thiophene rings is 1. The fourth-order valence-corrected chi connectivity index (χ4v) is 9.11. The highest BCUT2D eigenvalue weighted by Crippen LogP contribution is 2.46. The number of ether oxygens (including phenoxy) is 1. The highest BCUT2D eigenvalue weighted by molar-refractivity contribution is 7.91. The van der Waals surface area contributed by atoms with Crippen LogP contribution in [0, 0.1) is 0 Å². The van der Waals surface area contributed by atoms with E-state index in [1.807, 2.05) is 11.9 Å². The first kappa shape index (κ1) is 24.9. The third-order valence-electron chi connectivity index (χ3n) is 7.90. The highest BCUT2D eigenvalue weighted by Gasteiger charge is 2.63. The molecule has 0 saturated carbocycles. The molecule has 190 valence electrons. The molecule has 1 atom stereocenters. The van der Waals surface area contributed by atoms with Crippen LogP contribution in [0.5, 0.6) is 0 Å². The molecule has 9 nitrogen and oxygen atoms in total. The SMILES string of the molecule is COCC12CN(S(=O)(=O)c3cc4ccc(Cl)cc4s3)CC(=O)N1CC1(CCN(C(C)=O)CC1)N2C. The van der Waals surface area contributed by atoms with Crippen molar-refractivity contribution in [3.8, 4) is 0 Å². The Balaban J connectivity index is 1.49. The van der Waals surface area contributed by atoms with E-state index in [0.717, 1.165) is 21.4 Å². The first-order chi connectivity index (χ1) is 16.5. The molecule has 1 aromatic carbocycles. The summed E-state index contributed by atoms with van der Waals surface area (Å²) in [5.41, 5.74) is -1.26. The van der Waals surface area contributed by atoms with Gasteiger partial charge in [0.2, 0.25) is 11.8 Å². The molecule has 3 fully saturated rings. The fourth-order valence-electron chi connectivity index (χ4n) is 5.84. The van der Waals surface area contributed by atoms with Gasteiger partial charge in [0.1, 0.15) is 9.87 Å². The van der Waals surface area contributed by atoms with Crippen LogP contribution < -0.4 is 0 Å². The first-order valence-electron chi connectivity index (χ1n) is 11.5. The number of likely N-dealkylation sites (N-methyl/N-ethyl adjacent to an activating group) is 1. The van der Waals surface area contributed by atoms with Crippen LogP contribution in [-0.4, -0.2) is 104 Å². The van der Waals surface area contributed by atoms with Crippen LogP contribution in [0.3, 0.4) is 0 Å². The van der Waals surface area contributed by atoms with Crippen molar-refractivity contribution in [2.75, 3.05) is 53.5 Å². The highest BCUT2D eigenvalue weighted by atomic mass is 35.5. The Morgan fingerprint density at radius 1 is 1.20 bits per heavy atom. The Morgan fingerprint density at radius 2 is 1.91 bits per heavy atom. The molecule has 1 aromatic heterocycles. The number of carbonyl (C=O) groups excluding carboxylic acids is 2. The van der Waals surface area contributed by atoms with Gasteiger partial charge in [0.25, 0.3) is 10.0 Å². The molecule has 35 heavy (non-hydrogen) atoms. The van der Waals surface area contributed by atoms with E-state index in [4.69, 9.17) is 16.3 Å². The summed E-state index contributed by atoms with van der Waals surface area (Å²) in [5.74, 6) is -0.193. The van der Waals surface area contributed by atoms with Crippen molar-refractivity contribution in [1.82, 2.24) is 19.0 Å². The van der Waals surface area contributed by atoms with E-state index in [-0.39, 0.29) is 41.3 Å². The summed E-state index contributed by atoms with van der Waals surface area (Å²) in [6.45, 7) is 3.35. The van der Waals surface area contributed by atoms with Crippen molar-refractivity contribution in [2.24, 2.45) is 0 Å². The third kappa shape index (κ3) is 3.87. The van der Waals surface area contributed by atoms with Crippen LogP contribution in [0.2, 0.25) is 5.02 Å². The molecule has 0 N–H and O–H groups in total. The number of carbonyl (C=O) groups is 2. The van der Waals surface area contributed by atoms with Gasteiger partial charge >= 0.3 is 0 Å². The molecule has 1 unspecified atom stereocenters. The number of likely N-dealkylation sites (tertiary alicyclic amines) is 1. The van der Waals surface area contributed by atoms with Gasteiger partial charge in [-0.15, -0.1) is 11.3 Å². The molecule has 5 rings (SSSR count). The average Bonchev–Trinajstić information content (AvgIpc) is 3.34. The van der Waals surface area contributed by atoms with Crippen molar-refractivity contribution in [2.45, 2.75) is 35.2 Å². The lowest BCUT2D eigenvalue weighted by molar-refractivity contribution is -0.152. The largest absolute Gasteiger partial charge is 0.381 e. The minimum atomic E-state index is -3.92. The number of rotatable bonds is 4. The Morgan fingerprint density at radius 3 is 2.57 bits per heavy atom. The first-order valence-corrected chi connectivity index (χ1v) is 14.1. The number of piperazine rings is 1. The smallest absolute Gasteiger partial charge is 0.253 e. The Kier molecular flexibility index (Phi) is 6.17. The molecular formula is C23H29ClN4O5S2.